The van der Waals surface area contributed by atoms with Gasteiger partial charge in [0.1, 0.15) is 0 Å². The minimum atomic E-state index is -0.358. The average Bonchev–Trinajstić information content (AvgIpc) is 2.40. The Balaban J connectivity index is 2.31. The van der Waals surface area contributed by atoms with Crippen molar-refractivity contribution in [3.8, 4) is 0 Å². The third kappa shape index (κ3) is 2.44. The Morgan fingerprint density at radius 2 is 2.27 bits per heavy atom. The number of rotatable bonds is 1. The van der Waals surface area contributed by atoms with Gasteiger partial charge in [-0.25, -0.2) is 0 Å². The molecular formula is C11H15BBrNO. The van der Waals surface area contributed by atoms with E-state index in [2.05, 4.69) is 38.9 Å². The highest BCUT2D eigenvalue weighted by Crippen LogP contribution is 2.26. The molecule has 0 spiro atoms. The summed E-state index contributed by atoms with van der Waals surface area (Å²) in [6.45, 7) is 3.65. The van der Waals surface area contributed by atoms with E-state index in [0.717, 1.165) is 30.4 Å². The van der Waals surface area contributed by atoms with E-state index in [-0.39, 0.29) is 7.05 Å². The summed E-state index contributed by atoms with van der Waals surface area (Å²) in [7, 11) is -0.358. The van der Waals surface area contributed by atoms with Crippen molar-refractivity contribution >= 4 is 23.0 Å². The smallest absolute Gasteiger partial charge is 0.376 e. The minimum absolute atomic E-state index is 0.358. The zero-order valence-corrected chi connectivity index (χ0v) is 10.5. The second-order valence-corrected chi connectivity index (χ2v) is 4.94. The van der Waals surface area contributed by atoms with Gasteiger partial charge in [-0.2, -0.15) is 0 Å². The monoisotopic (exact) mass is 267 g/mol. The molecule has 1 aliphatic heterocycles. The maximum Gasteiger partial charge on any atom is 0.376 e. The Kier molecular flexibility index (Phi) is 3.49. The van der Waals surface area contributed by atoms with E-state index in [9.17, 15) is 5.02 Å². The molecule has 0 amide bonds. The van der Waals surface area contributed by atoms with Gasteiger partial charge in [0.15, 0.2) is 0 Å². The van der Waals surface area contributed by atoms with Crippen LogP contribution in [0, 0.1) is 0 Å². The van der Waals surface area contributed by atoms with Crippen molar-refractivity contribution in [3.63, 3.8) is 0 Å². The lowest BCUT2D eigenvalue weighted by atomic mass is 9.84. The zero-order chi connectivity index (χ0) is 10.8. The largest absolute Gasteiger partial charge is 0.437 e. The molecule has 0 atom stereocenters. The number of hydrogen-bond acceptors (Lipinski definition) is 2. The van der Waals surface area contributed by atoms with Crippen LogP contribution in [0.3, 0.4) is 0 Å². The lowest BCUT2D eigenvalue weighted by Gasteiger charge is -2.21. The third-order valence-corrected chi connectivity index (χ3v) is 3.74. The Morgan fingerprint density at radius 1 is 1.47 bits per heavy atom. The molecule has 0 radical (unpaired) electrons. The molecule has 1 N–H and O–H groups in total. The summed E-state index contributed by atoms with van der Waals surface area (Å²) in [6.07, 6.45) is 2.23. The van der Waals surface area contributed by atoms with Gasteiger partial charge in [0, 0.05) is 11.0 Å². The van der Waals surface area contributed by atoms with Crippen LogP contribution in [-0.4, -0.2) is 23.4 Å². The van der Waals surface area contributed by atoms with Gasteiger partial charge in [-0.1, -0.05) is 28.1 Å². The molecule has 1 aromatic rings. The maximum absolute atomic E-state index is 9.63. The van der Waals surface area contributed by atoms with Crippen LogP contribution < -0.4 is 0 Å². The Bertz CT molecular complexity index is 356. The van der Waals surface area contributed by atoms with E-state index in [1.165, 1.54) is 11.1 Å². The average molecular weight is 268 g/mol. The molecule has 4 heteroatoms. The van der Waals surface area contributed by atoms with Crippen LogP contribution in [0.4, 0.5) is 0 Å². The van der Waals surface area contributed by atoms with Crippen molar-refractivity contribution in [1.29, 1.82) is 0 Å². The van der Waals surface area contributed by atoms with E-state index in [0.29, 0.717) is 0 Å². The van der Waals surface area contributed by atoms with Crippen molar-refractivity contribution in [3.05, 3.63) is 33.8 Å². The second kappa shape index (κ2) is 4.68. The van der Waals surface area contributed by atoms with E-state index < -0.39 is 0 Å². The number of nitrogens with zero attached hydrogens (tertiary/aromatic N) is 1. The van der Waals surface area contributed by atoms with Gasteiger partial charge in [-0.3, -0.25) is 0 Å². The fraction of sp³-hybridized carbons (Fsp3) is 0.455. The van der Waals surface area contributed by atoms with Crippen LogP contribution in [0.1, 0.15) is 17.5 Å². The molecule has 1 aliphatic rings. The van der Waals surface area contributed by atoms with Crippen molar-refractivity contribution in [2.75, 3.05) is 6.54 Å². The third-order valence-electron chi connectivity index (χ3n) is 3.00. The van der Waals surface area contributed by atoms with E-state index >= 15 is 0 Å². The number of hydrogen-bond donors (Lipinski definition) is 1. The molecule has 80 valence electrons. The van der Waals surface area contributed by atoms with Gasteiger partial charge in [0.25, 0.3) is 0 Å². The highest BCUT2D eigenvalue weighted by molar-refractivity contribution is 9.10. The molecule has 1 heterocycles. The standard InChI is InChI=1S/C11H15BBrNO/c1-12(15)14-7-3-5-9-4-2-6-11(13)10(9)8-14/h2,4,6,15H,3,5,7-8H2,1H3. The van der Waals surface area contributed by atoms with E-state index in [4.69, 9.17) is 0 Å². The summed E-state index contributed by atoms with van der Waals surface area (Å²) in [4.78, 5) is 2.11. The van der Waals surface area contributed by atoms with Crippen molar-refractivity contribution in [2.45, 2.75) is 26.2 Å². The van der Waals surface area contributed by atoms with Gasteiger partial charge in [-0.15, -0.1) is 0 Å². The summed E-state index contributed by atoms with van der Waals surface area (Å²) in [5.41, 5.74) is 2.74. The van der Waals surface area contributed by atoms with E-state index in [1.54, 1.807) is 0 Å². The topological polar surface area (TPSA) is 23.5 Å². The highest BCUT2D eigenvalue weighted by atomic mass is 79.9. The van der Waals surface area contributed by atoms with Crippen molar-refractivity contribution in [2.24, 2.45) is 0 Å². The zero-order valence-electron chi connectivity index (χ0n) is 8.91. The van der Waals surface area contributed by atoms with Crippen LogP contribution in [0.5, 0.6) is 0 Å². The number of fused-ring (bicyclic) bond motifs is 1. The first kappa shape index (κ1) is 11.2. The molecule has 1 aromatic carbocycles. The molecule has 0 aliphatic carbocycles. The normalized spacial score (nSPS) is 17.0. The molecule has 0 saturated heterocycles. The van der Waals surface area contributed by atoms with Crippen LogP contribution in [0.25, 0.3) is 0 Å². The van der Waals surface area contributed by atoms with Gasteiger partial charge in [0.2, 0.25) is 0 Å². The maximum atomic E-state index is 9.63. The number of benzene rings is 1. The summed E-state index contributed by atoms with van der Waals surface area (Å²) < 4.78 is 1.16. The summed E-state index contributed by atoms with van der Waals surface area (Å²) in [5, 5.41) is 9.63. The predicted octanol–water partition coefficient (Wildman–Crippen LogP) is 2.31. The van der Waals surface area contributed by atoms with E-state index in [1.807, 2.05) is 6.82 Å². The van der Waals surface area contributed by atoms with Crippen molar-refractivity contribution < 1.29 is 5.02 Å². The summed E-state index contributed by atoms with van der Waals surface area (Å²) in [5.74, 6) is 0. The first-order chi connectivity index (χ1) is 7.18. The van der Waals surface area contributed by atoms with Gasteiger partial charge in [0.05, 0.1) is 0 Å². The molecule has 0 aromatic heterocycles. The molecule has 2 rings (SSSR count). The number of halogens is 1. The first-order valence-corrected chi connectivity index (χ1v) is 6.16. The first-order valence-electron chi connectivity index (χ1n) is 5.37. The molecule has 15 heavy (non-hydrogen) atoms. The Labute approximate surface area is 99.6 Å². The fourth-order valence-electron chi connectivity index (χ4n) is 2.09. The quantitative estimate of drug-likeness (QED) is 0.790. The summed E-state index contributed by atoms with van der Waals surface area (Å²) >= 11 is 3.59. The van der Waals surface area contributed by atoms with Crippen LogP contribution >= 0.6 is 15.9 Å². The summed E-state index contributed by atoms with van der Waals surface area (Å²) in [6, 6.07) is 6.34. The number of aryl methyl sites for hydroxylation is 1. The van der Waals surface area contributed by atoms with Gasteiger partial charge < -0.3 is 9.83 Å². The van der Waals surface area contributed by atoms with Crippen molar-refractivity contribution in [1.82, 2.24) is 4.81 Å². The minimum Gasteiger partial charge on any atom is -0.437 e. The SMILES string of the molecule is CB(O)N1CCCc2cccc(Br)c2C1. The lowest BCUT2D eigenvalue weighted by molar-refractivity contribution is 0.363. The molecular weight excluding hydrogens is 253 g/mol. The highest BCUT2D eigenvalue weighted by Gasteiger charge is 2.21. The molecule has 0 saturated carbocycles. The predicted molar refractivity (Wildman–Crippen MR) is 66.7 cm³/mol. The molecule has 0 bridgehead atoms. The van der Waals surface area contributed by atoms with Crippen LogP contribution in [0.2, 0.25) is 6.82 Å². The molecule has 2 nitrogen and oxygen atoms in total. The Hall–Kier alpha value is -0.315. The van der Waals surface area contributed by atoms with Crippen LogP contribution in [-0.2, 0) is 13.0 Å². The second-order valence-electron chi connectivity index (χ2n) is 4.08. The lowest BCUT2D eigenvalue weighted by Crippen LogP contribution is -2.36. The van der Waals surface area contributed by atoms with Gasteiger partial charge in [-0.05, 0) is 43.4 Å². The molecule has 0 unspecified atom stereocenters. The fourth-order valence-corrected chi connectivity index (χ4v) is 2.62. The molecule has 0 fully saturated rings. The van der Waals surface area contributed by atoms with Gasteiger partial charge >= 0.3 is 7.05 Å². The van der Waals surface area contributed by atoms with Crippen LogP contribution in [0.15, 0.2) is 22.7 Å². The Morgan fingerprint density at radius 3 is 3.00 bits per heavy atom.